The lowest BCUT2D eigenvalue weighted by Gasteiger charge is -2.30. The van der Waals surface area contributed by atoms with E-state index >= 15 is 0 Å². The highest BCUT2D eigenvalue weighted by atomic mass is 32.2. The molecule has 0 aromatic heterocycles. The second-order valence-electron chi connectivity index (χ2n) is 8.87. The van der Waals surface area contributed by atoms with Crippen LogP contribution in [0.3, 0.4) is 0 Å². The lowest BCUT2D eigenvalue weighted by molar-refractivity contribution is -0.192. The number of carboxylic acids is 1. The van der Waals surface area contributed by atoms with Crippen LogP contribution in [-0.2, 0) is 26.0 Å². The Morgan fingerprint density at radius 2 is 1.56 bits per heavy atom. The number of hydrogen-bond acceptors (Lipinski definition) is 5. The topological polar surface area (TPSA) is 107 Å². The minimum Gasteiger partial charge on any atom is -0.475 e. The molecular formula is C22H34F3N3O5S. The number of alkyl halides is 3. The number of carboxylic acid groups (broad SMARTS) is 1. The summed E-state index contributed by atoms with van der Waals surface area (Å²) >= 11 is 0. The lowest BCUT2D eigenvalue weighted by atomic mass is 10.0. The molecule has 1 fully saturated rings. The zero-order chi connectivity index (χ0) is 26.1. The smallest absolute Gasteiger partial charge is 0.475 e. The van der Waals surface area contributed by atoms with Crippen molar-refractivity contribution in [1.82, 2.24) is 14.5 Å². The third-order valence-corrected chi connectivity index (χ3v) is 6.62. The fourth-order valence-electron chi connectivity index (χ4n) is 3.24. The fourth-order valence-corrected chi connectivity index (χ4v) is 4.79. The molecule has 0 unspecified atom stereocenters. The van der Waals surface area contributed by atoms with Crippen LogP contribution in [0, 0.1) is 11.8 Å². The van der Waals surface area contributed by atoms with Crippen molar-refractivity contribution >= 4 is 21.9 Å². The Morgan fingerprint density at radius 3 is 1.97 bits per heavy atom. The highest BCUT2D eigenvalue weighted by Gasteiger charge is 2.38. The molecule has 0 spiro atoms. The second-order valence-corrected chi connectivity index (χ2v) is 10.8. The van der Waals surface area contributed by atoms with Crippen molar-refractivity contribution in [2.45, 2.75) is 45.2 Å². The van der Waals surface area contributed by atoms with Gasteiger partial charge >= 0.3 is 12.1 Å². The number of nitrogens with one attached hydrogen (secondary N) is 1. The van der Waals surface area contributed by atoms with Gasteiger partial charge in [0.25, 0.3) is 0 Å². The van der Waals surface area contributed by atoms with Gasteiger partial charge in [-0.1, -0.05) is 39.8 Å². The standard InChI is InChI=1S/C20H33N3O3S.C2HF3O2/c1-16(2)13-18-5-7-19(8-6-18)27(25,26)23(14-17(3)4)15-20(24)22-11-9-21-10-12-22;3-2(4,5)1(6)7/h5-8,16-17,21H,9-15H2,1-4H3;(H,6,7). The van der Waals surface area contributed by atoms with Crippen LogP contribution in [0.5, 0.6) is 0 Å². The molecule has 1 aliphatic heterocycles. The second kappa shape index (κ2) is 13.1. The molecule has 8 nitrogen and oxygen atoms in total. The molecule has 1 aromatic rings. The summed E-state index contributed by atoms with van der Waals surface area (Å²) in [6.07, 6.45) is -4.17. The van der Waals surface area contributed by atoms with Crippen LogP contribution in [0.25, 0.3) is 0 Å². The van der Waals surface area contributed by atoms with E-state index in [1.165, 1.54) is 4.31 Å². The number of amides is 1. The summed E-state index contributed by atoms with van der Waals surface area (Å²) in [6.45, 7) is 11.2. The third kappa shape index (κ3) is 9.98. The monoisotopic (exact) mass is 509 g/mol. The molecule has 12 heteroatoms. The van der Waals surface area contributed by atoms with E-state index in [9.17, 15) is 26.4 Å². The molecule has 1 saturated heterocycles. The van der Waals surface area contributed by atoms with Gasteiger partial charge < -0.3 is 15.3 Å². The van der Waals surface area contributed by atoms with E-state index in [4.69, 9.17) is 9.90 Å². The minimum absolute atomic E-state index is 0.103. The average Bonchev–Trinajstić information content (AvgIpc) is 2.73. The molecule has 2 rings (SSSR count). The van der Waals surface area contributed by atoms with Gasteiger partial charge in [-0.15, -0.1) is 0 Å². The summed E-state index contributed by atoms with van der Waals surface area (Å²) in [5, 5.41) is 10.3. The molecule has 0 radical (unpaired) electrons. The van der Waals surface area contributed by atoms with E-state index in [0.29, 0.717) is 25.6 Å². The van der Waals surface area contributed by atoms with E-state index in [1.54, 1.807) is 17.0 Å². The van der Waals surface area contributed by atoms with Gasteiger partial charge in [0.1, 0.15) is 0 Å². The largest absolute Gasteiger partial charge is 0.490 e. The Morgan fingerprint density at radius 1 is 1.06 bits per heavy atom. The number of rotatable bonds is 8. The van der Waals surface area contributed by atoms with Gasteiger partial charge in [0.05, 0.1) is 11.4 Å². The van der Waals surface area contributed by atoms with Crippen molar-refractivity contribution in [3.63, 3.8) is 0 Å². The zero-order valence-corrected chi connectivity index (χ0v) is 20.7. The van der Waals surface area contributed by atoms with Crippen molar-refractivity contribution in [2.75, 3.05) is 39.3 Å². The Bertz CT molecular complexity index is 897. The molecule has 1 aliphatic rings. The summed E-state index contributed by atoms with van der Waals surface area (Å²) in [7, 11) is -3.70. The zero-order valence-electron chi connectivity index (χ0n) is 19.9. The number of carbonyl (C=O) groups is 2. The first-order chi connectivity index (χ1) is 15.6. The molecule has 1 aromatic carbocycles. The number of hydrogen-bond donors (Lipinski definition) is 2. The molecule has 0 bridgehead atoms. The molecule has 0 aliphatic carbocycles. The fraction of sp³-hybridized carbons (Fsp3) is 0.636. The quantitative estimate of drug-likeness (QED) is 0.558. The Kier molecular flexibility index (Phi) is 11.5. The Hall–Kier alpha value is -2.18. The van der Waals surface area contributed by atoms with Gasteiger partial charge in [0.2, 0.25) is 15.9 Å². The molecule has 34 heavy (non-hydrogen) atoms. The van der Waals surface area contributed by atoms with Crippen molar-refractivity contribution in [2.24, 2.45) is 11.8 Å². The first-order valence-electron chi connectivity index (χ1n) is 11.0. The molecule has 2 N–H and O–H groups in total. The van der Waals surface area contributed by atoms with Crippen LogP contribution in [0.2, 0.25) is 0 Å². The van der Waals surface area contributed by atoms with Gasteiger partial charge in [-0.3, -0.25) is 4.79 Å². The van der Waals surface area contributed by atoms with Gasteiger partial charge in [-0.2, -0.15) is 17.5 Å². The van der Waals surface area contributed by atoms with Crippen molar-refractivity contribution in [3.05, 3.63) is 29.8 Å². The van der Waals surface area contributed by atoms with Crippen molar-refractivity contribution in [1.29, 1.82) is 0 Å². The summed E-state index contributed by atoms with van der Waals surface area (Å²) in [5.74, 6) is -2.23. The average molecular weight is 510 g/mol. The number of piperazine rings is 1. The van der Waals surface area contributed by atoms with Crippen LogP contribution in [0.1, 0.15) is 33.3 Å². The first kappa shape index (κ1) is 29.9. The molecule has 194 valence electrons. The number of nitrogens with zero attached hydrogens (tertiary/aromatic N) is 2. The molecule has 1 amide bonds. The number of benzene rings is 1. The Balaban J connectivity index is 0.000000718. The maximum atomic E-state index is 13.2. The van der Waals surface area contributed by atoms with Crippen LogP contribution >= 0.6 is 0 Å². The summed E-state index contributed by atoms with van der Waals surface area (Å²) in [4.78, 5) is 23.5. The van der Waals surface area contributed by atoms with E-state index in [0.717, 1.165) is 25.1 Å². The lowest BCUT2D eigenvalue weighted by Crippen LogP contribution is -2.50. The predicted molar refractivity (Wildman–Crippen MR) is 122 cm³/mol. The van der Waals surface area contributed by atoms with Crippen molar-refractivity contribution < 1.29 is 36.3 Å². The van der Waals surface area contributed by atoms with E-state index in [2.05, 4.69) is 19.2 Å². The number of halogens is 3. The molecular weight excluding hydrogens is 475 g/mol. The van der Waals surface area contributed by atoms with Crippen LogP contribution in [0.15, 0.2) is 29.2 Å². The minimum atomic E-state index is -5.08. The molecule has 1 heterocycles. The first-order valence-corrected chi connectivity index (χ1v) is 12.5. The Labute approximate surface area is 199 Å². The summed E-state index contributed by atoms with van der Waals surface area (Å²) in [5.41, 5.74) is 1.12. The summed E-state index contributed by atoms with van der Waals surface area (Å²) in [6, 6.07) is 7.07. The van der Waals surface area contributed by atoms with Crippen LogP contribution in [-0.4, -0.2) is 80.1 Å². The van der Waals surface area contributed by atoms with E-state index in [-0.39, 0.29) is 23.3 Å². The highest BCUT2D eigenvalue weighted by molar-refractivity contribution is 7.89. The number of carbonyl (C=O) groups excluding carboxylic acids is 1. The van der Waals surface area contributed by atoms with Gasteiger partial charge in [-0.05, 0) is 36.0 Å². The third-order valence-electron chi connectivity index (χ3n) is 4.80. The van der Waals surface area contributed by atoms with E-state index < -0.39 is 22.2 Å². The SMILES string of the molecule is CC(C)Cc1ccc(S(=O)(=O)N(CC(=O)N2CCNCC2)CC(C)C)cc1.O=C(O)C(F)(F)F. The maximum Gasteiger partial charge on any atom is 0.490 e. The highest BCUT2D eigenvalue weighted by Crippen LogP contribution is 2.19. The van der Waals surface area contributed by atoms with E-state index in [1.807, 2.05) is 26.0 Å². The number of sulfonamides is 1. The molecule has 0 atom stereocenters. The number of aliphatic carboxylic acids is 1. The maximum absolute atomic E-state index is 13.2. The van der Waals surface area contributed by atoms with Gasteiger partial charge in [0.15, 0.2) is 0 Å². The normalized spacial score (nSPS) is 14.8. The predicted octanol–water partition coefficient (Wildman–Crippen LogP) is 2.60. The van der Waals surface area contributed by atoms with Crippen LogP contribution in [0.4, 0.5) is 13.2 Å². The molecule has 0 saturated carbocycles. The van der Waals surface area contributed by atoms with Crippen molar-refractivity contribution in [3.8, 4) is 0 Å². The summed E-state index contributed by atoms with van der Waals surface area (Å²) < 4.78 is 59.4. The van der Waals surface area contributed by atoms with Gasteiger partial charge in [-0.25, -0.2) is 13.2 Å². The van der Waals surface area contributed by atoms with Gasteiger partial charge in [0, 0.05) is 32.7 Å². The van der Waals surface area contributed by atoms with Crippen LogP contribution < -0.4 is 5.32 Å².